The van der Waals surface area contributed by atoms with Gasteiger partial charge in [-0.15, -0.1) is 0 Å². The van der Waals surface area contributed by atoms with Crippen LogP contribution in [0.15, 0.2) is 30.3 Å². The minimum Gasteiger partial charge on any atom is -0.466 e. The Balaban J connectivity index is 2.71. The number of benzene rings is 1. The minimum atomic E-state index is -2.27. The van der Waals surface area contributed by atoms with E-state index in [4.69, 9.17) is 18.3 Å². The van der Waals surface area contributed by atoms with Crippen LogP contribution in [0.25, 0.3) is 0 Å². The molecule has 0 radical (unpaired) electrons. The lowest BCUT2D eigenvalue weighted by atomic mass is 9.64. The molecule has 0 spiro atoms. The van der Waals surface area contributed by atoms with Gasteiger partial charge in [0.15, 0.2) is 8.32 Å². The average molecular weight is 621 g/mol. The molecule has 0 aliphatic heterocycles. The second-order valence-electron chi connectivity index (χ2n) is 14.6. The number of rotatable bonds is 16. The van der Waals surface area contributed by atoms with E-state index >= 15 is 0 Å². The van der Waals surface area contributed by atoms with Crippen LogP contribution in [0.2, 0.25) is 36.3 Å². The molecule has 1 aliphatic rings. The van der Waals surface area contributed by atoms with Crippen LogP contribution in [0.4, 0.5) is 0 Å². The van der Waals surface area contributed by atoms with Gasteiger partial charge in [-0.3, -0.25) is 9.59 Å². The minimum absolute atomic E-state index is 0.00982. The molecule has 0 heterocycles. The monoisotopic (exact) mass is 620 g/mol. The Morgan fingerprint density at radius 1 is 1.00 bits per heavy atom. The molecule has 0 bridgehead atoms. The Labute approximate surface area is 258 Å². The van der Waals surface area contributed by atoms with Crippen LogP contribution >= 0.6 is 0 Å². The quantitative estimate of drug-likeness (QED) is 0.136. The van der Waals surface area contributed by atoms with Crippen LogP contribution in [-0.4, -0.2) is 53.3 Å². The second kappa shape index (κ2) is 14.6. The lowest BCUT2D eigenvalue weighted by Crippen LogP contribution is -2.61. The van der Waals surface area contributed by atoms with Crippen LogP contribution in [0.3, 0.4) is 0 Å². The van der Waals surface area contributed by atoms with Crippen molar-refractivity contribution in [2.24, 2.45) is 17.3 Å². The summed E-state index contributed by atoms with van der Waals surface area (Å²) in [6.45, 7) is 28.8. The topological polar surface area (TPSA) is 71.1 Å². The molecule has 240 valence electrons. The SMILES string of the molecule is CCOC(=O)C[C@H]1[C@H](C)[C@H](O[Si](C(C)C)(C(C)C)C(C)C)C[C@@]1(O[Si](C)(C)C)[C@](C)(COCc1ccccc1)C(C)=O. The van der Waals surface area contributed by atoms with E-state index in [0.717, 1.165) is 5.56 Å². The average Bonchev–Trinajstić information content (AvgIpc) is 3.12. The predicted octanol–water partition coefficient (Wildman–Crippen LogP) is 8.56. The highest BCUT2D eigenvalue weighted by Gasteiger charge is 2.66. The van der Waals surface area contributed by atoms with Crippen molar-refractivity contribution in [3.8, 4) is 0 Å². The number of esters is 1. The fraction of sp³-hybridized carbons (Fsp3) is 0.765. The second-order valence-corrected chi connectivity index (χ2v) is 24.5. The first-order valence-corrected chi connectivity index (χ1v) is 21.6. The van der Waals surface area contributed by atoms with Crippen molar-refractivity contribution in [1.29, 1.82) is 0 Å². The van der Waals surface area contributed by atoms with Gasteiger partial charge in [-0.2, -0.15) is 0 Å². The van der Waals surface area contributed by atoms with E-state index in [2.05, 4.69) is 68.1 Å². The summed E-state index contributed by atoms with van der Waals surface area (Å²) in [6, 6.07) is 10.0. The summed E-state index contributed by atoms with van der Waals surface area (Å²) in [5, 5.41) is 0. The van der Waals surface area contributed by atoms with E-state index in [9.17, 15) is 9.59 Å². The molecule has 0 aromatic heterocycles. The van der Waals surface area contributed by atoms with Gasteiger partial charge in [-0.1, -0.05) is 78.8 Å². The molecule has 0 unspecified atom stereocenters. The van der Waals surface area contributed by atoms with E-state index in [0.29, 0.717) is 36.3 Å². The summed E-state index contributed by atoms with van der Waals surface area (Å²) in [4.78, 5) is 27.1. The fourth-order valence-corrected chi connectivity index (χ4v) is 15.0. The smallest absolute Gasteiger partial charge is 0.306 e. The highest BCUT2D eigenvalue weighted by Crippen LogP contribution is 2.58. The van der Waals surface area contributed by atoms with Crippen LogP contribution in [0.1, 0.15) is 87.6 Å². The summed E-state index contributed by atoms with van der Waals surface area (Å²) in [5.74, 6) is -0.521. The number of Topliss-reactive ketones (excluding diaryl/α,β-unsaturated/α-hetero) is 1. The third-order valence-electron chi connectivity index (χ3n) is 9.78. The van der Waals surface area contributed by atoms with Crippen molar-refractivity contribution in [2.45, 2.75) is 137 Å². The molecule has 5 atom stereocenters. The highest BCUT2D eigenvalue weighted by molar-refractivity contribution is 6.77. The Kier molecular flexibility index (Phi) is 12.8. The van der Waals surface area contributed by atoms with Gasteiger partial charge in [0.05, 0.1) is 43.4 Å². The number of ketones is 1. The number of carbonyl (C=O) groups is 2. The van der Waals surface area contributed by atoms with Gasteiger partial charge >= 0.3 is 5.97 Å². The standard InChI is InChI=1S/C34H60O6Si2/c1-14-38-32(36)20-30-27(8)31(39-42(24(2)3,25(4)5)26(6)7)21-34(30,40-41(11,12)13)33(10,28(9)35)23-37-22-29-18-16-15-17-19-29/h15-19,24-27,30-31H,14,20-23H2,1-13H3/t27-,30-,31+,33+,34-/m0/s1. The van der Waals surface area contributed by atoms with Crippen molar-refractivity contribution in [3.63, 3.8) is 0 Å². The third kappa shape index (κ3) is 7.84. The molecule has 0 saturated heterocycles. The van der Waals surface area contributed by atoms with Crippen LogP contribution in [-0.2, 0) is 34.5 Å². The van der Waals surface area contributed by atoms with Crippen molar-refractivity contribution < 1.29 is 27.9 Å². The summed E-state index contributed by atoms with van der Waals surface area (Å²) in [5.41, 5.74) is 0.346. The number of ether oxygens (including phenoxy) is 2. The molecule has 8 heteroatoms. The molecule has 1 saturated carbocycles. The molecular weight excluding hydrogens is 561 g/mol. The van der Waals surface area contributed by atoms with Crippen molar-refractivity contribution >= 4 is 28.4 Å². The van der Waals surface area contributed by atoms with Gasteiger partial charge < -0.3 is 18.3 Å². The van der Waals surface area contributed by atoms with Crippen LogP contribution in [0, 0.1) is 17.3 Å². The maximum atomic E-state index is 13.9. The first kappa shape index (κ1) is 36.9. The zero-order chi connectivity index (χ0) is 32.1. The van der Waals surface area contributed by atoms with E-state index in [-0.39, 0.29) is 42.7 Å². The summed E-state index contributed by atoms with van der Waals surface area (Å²) < 4.78 is 26.6. The van der Waals surface area contributed by atoms with Gasteiger partial charge in [0.25, 0.3) is 0 Å². The molecule has 0 N–H and O–H groups in total. The van der Waals surface area contributed by atoms with Gasteiger partial charge in [-0.05, 0) is 68.5 Å². The predicted molar refractivity (Wildman–Crippen MR) is 176 cm³/mol. The Hall–Kier alpha value is -1.33. The zero-order valence-electron chi connectivity index (χ0n) is 28.8. The lowest BCUT2D eigenvalue weighted by Gasteiger charge is -2.51. The Morgan fingerprint density at radius 2 is 1.55 bits per heavy atom. The Bertz CT molecular complexity index is 999. The van der Waals surface area contributed by atoms with Gasteiger partial charge in [-0.25, -0.2) is 0 Å². The van der Waals surface area contributed by atoms with Gasteiger partial charge in [0, 0.05) is 12.3 Å². The van der Waals surface area contributed by atoms with E-state index in [1.54, 1.807) is 6.92 Å². The Morgan fingerprint density at radius 3 is 2.00 bits per heavy atom. The van der Waals surface area contributed by atoms with Crippen molar-refractivity contribution in [1.82, 2.24) is 0 Å². The normalized spacial score (nSPS) is 24.8. The van der Waals surface area contributed by atoms with E-state index in [1.165, 1.54) is 0 Å². The first-order valence-electron chi connectivity index (χ1n) is 16.0. The molecule has 1 aromatic rings. The van der Waals surface area contributed by atoms with Crippen molar-refractivity contribution in [3.05, 3.63) is 35.9 Å². The maximum Gasteiger partial charge on any atom is 0.306 e. The third-order valence-corrected chi connectivity index (χ3v) is 16.9. The summed E-state index contributed by atoms with van der Waals surface area (Å²) >= 11 is 0. The molecule has 0 amide bonds. The molecule has 2 rings (SSSR count). The van der Waals surface area contributed by atoms with E-state index < -0.39 is 27.7 Å². The molecule has 42 heavy (non-hydrogen) atoms. The molecule has 1 aliphatic carbocycles. The number of carbonyl (C=O) groups excluding carboxylic acids is 2. The van der Waals surface area contributed by atoms with Crippen molar-refractivity contribution in [2.75, 3.05) is 13.2 Å². The van der Waals surface area contributed by atoms with Gasteiger partial charge in [0.1, 0.15) is 5.78 Å². The first-order chi connectivity index (χ1) is 19.4. The van der Waals surface area contributed by atoms with E-state index in [1.807, 2.05) is 44.2 Å². The molecule has 1 aromatic carbocycles. The summed E-state index contributed by atoms with van der Waals surface area (Å²) in [7, 11) is -4.52. The lowest BCUT2D eigenvalue weighted by molar-refractivity contribution is -0.167. The van der Waals surface area contributed by atoms with Crippen LogP contribution < -0.4 is 0 Å². The fourth-order valence-electron chi connectivity index (χ4n) is 7.77. The molecular formula is C34H60O6Si2. The molecule has 6 nitrogen and oxygen atoms in total. The van der Waals surface area contributed by atoms with Gasteiger partial charge in [0.2, 0.25) is 8.32 Å². The largest absolute Gasteiger partial charge is 0.466 e. The zero-order valence-corrected chi connectivity index (χ0v) is 30.8. The maximum absolute atomic E-state index is 13.9. The highest BCUT2D eigenvalue weighted by atomic mass is 28.4. The number of hydrogen-bond donors (Lipinski definition) is 0. The molecule has 1 fully saturated rings. The van der Waals surface area contributed by atoms with Crippen LogP contribution in [0.5, 0.6) is 0 Å². The summed E-state index contributed by atoms with van der Waals surface area (Å²) in [6.07, 6.45) is 0.585. The number of hydrogen-bond acceptors (Lipinski definition) is 6.